The summed E-state index contributed by atoms with van der Waals surface area (Å²) in [4.78, 5) is 12.5. The smallest absolute Gasteiger partial charge is 0.255 e. The molecule has 0 aliphatic heterocycles. The van der Waals surface area contributed by atoms with Crippen LogP contribution in [-0.2, 0) is 6.54 Å². The van der Waals surface area contributed by atoms with Gasteiger partial charge in [-0.25, -0.2) is 0 Å². The third-order valence-electron chi connectivity index (χ3n) is 3.66. The summed E-state index contributed by atoms with van der Waals surface area (Å²) in [7, 11) is 3.00. The Labute approximate surface area is 154 Å². The first-order valence-electron chi connectivity index (χ1n) is 7.66. The Morgan fingerprint density at radius 2 is 1.92 bits per heavy atom. The number of benzene rings is 2. The fourth-order valence-corrected chi connectivity index (χ4v) is 2.55. The number of ether oxygens (including phenoxy) is 2. The minimum atomic E-state index is -0.327. The summed E-state index contributed by atoms with van der Waals surface area (Å²) in [6.07, 6.45) is 0. The lowest BCUT2D eigenvalue weighted by Crippen LogP contribution is -2.25. The predicted octanol–water partition coefficient (Wildman–Crippen LogP) is 2.26. The van der Waals surface area contributed by atoms with Gasteiger partial charge in [-0.3, -0.25) is 4.79 Å². The van der Waals surface area contributed by atoms with Crippen LogP contribution in [0.5, 0.6) is 11.5 Å². The highest BCUT2D eigenvalue weighted by atomic mass is 35.5. The largest absolute Gasteiger partial charge is 0.493 e. The molecule has 0 spiro atoms. The molecular weight excluding hydrogens is 358 g/mol. The highest BCUT2D eigenvalue weighted by Crippen LogP contribution is 2.30. The Balaban J connectivity index is 1.77. The van der Waals surface area contributed by atoms with Gasteiger partial charge in [-0.05, 0) is 46.8 Å². The van der Waals surface area contributed by atoms with Gasteiger partial charge in [-0.2, -0.15) is 4.68 Å². The highest BCUT2D eigenvalue weighted by Gasteiger charge is 2.17. The first-order valence-corrected chi connectivity index (χ1v) is 8.04. The molecule has 3 rings (SSSR count). The van der Waals surface area contributed by atoms with Gasteiger partial charge in [0.1, 0.15) is 0 Å². The molecule has 0 saturated heterocycles. The van der Waals surface area contributed by atoms with Crippen molar-refractivity contribution in [2.45, 2.75) is 6.54 Å². The van der Waals surface area contributed by atoms with Crippen molar-refractivity contribution in [2.24, 2.45) is 0 Å². The van der Waals surface area contributed by atoms with E-state index >= 15 is 0 Å². The highest BCUT2D eigenvalue weighted by molar-refractivity contribution is 6.30. The Bertz CT molecular complexity index is 911. The lowest BCUT2D eigenvalue weighted by molar-refractivity contribution is 0.0946. The molecule has 1 amide bonds. The molecule has 0 bridgehead atoms. The van der Waals surface area contributed by atoms with Gasteiger partial charge in [0.25, 0.3) is 5.91 Å². The number of carbonyl (C=O) groups is 1. The first kappa shape index (κ1) is 17.7. The summed E-state index contributed by atoms with van der Waals surface area (Å²) in [5.41, 5.74) is 1.10. The van der Waals surface area contributed by atoms with Gasteiger partial charge in [0.2, 0.25) is 0 Å². The number of aromatic nitrogens is 4. The molecule has 1 heterocycles. The Kier molecular flexibility index (Phi) is 5.33. The second kappa shape index (κ2) is 7.83. The number of methoxy groups -OCH3 is 2. The van der Waals surface area contributed by atoms with E-state index in [2.05, 4.69) is 20.8 Å². The lowest BCUT2D eigenvalue weighted by Gasteiger charge is -2.12. The van der Waals surface area contributed by atoms with E-state index in [0.717, 1.165) is 5.69 Å². The number of halogens is 1. The van der Waals surface area contributed by atoms with E-state index in [1.54, 1.807) is 42.5 Å². The van der Waals surface area contributed by atoms with Crippen LogP contribution in [0, 0.1) is 0 Å². The topological polar surface area (TPSA) is 91.2 Å². The average molecular weight is 374 g/mol. The van der Waals surface area contributed by atoms with E-state index in [1.807, 2.05) is 0 Å². The Morgan fingerprint density at radius 1 is 1.15 bits per heavy atom. The average Bonchev–Trinajstić information content (AvgIpc) is 3.14. The SMILES string of the molecule is COc1cccc(C(=O)NCc2nnnn2-c2ccc(Cl)cc2)c1OC. The van der Waals surface area contributed by atoms with Crippen LogP contribution in [0.25, 0.3) is 5.69 Å². The third-order valence-corrected chi connectivity index (χ3v) is 3.91. The zero-order chi connectivity index (χ0) is 18.5. The Morgan fingerprint density at radius 3 is 2.62 bits per heavy atom. The normalized spacial score (nSPS) is 10.4. The van der Waals surface area contributed by atoms with E-state index in [9.17, 15) is 4.79 Å². The van der Waals surface area contributed by atoms with Crippen LogP contribution in [0.4, 0.5) is 0 Å². The number of nitrogens with zero attached hydrogens (tertiary/aromatic N) is 4. The van der Waals surface area contributed by atoms with Crippen LogP contribution < -0.4 is 14.8 Å². The summed E-state index contributed by atoms with van der Waals surface area (Å²) in [5.74, 6) is 0.991. The number of hydrogen-bond acceptors (Lipinski definition) is 6. The lowest BCUT2D eigenvalue weighted by atomic mass is 10.1. The zero-order valence-corrected chi connectivity index (χ0v) is 14.9. The quantitative estimate of drug-likeness (QED) is 0.712. The molecule has 0 radical (unpaired) electrons. The fraction of sp³-hybridized carbons (Fsp3) is 0.176. The van der Waals surface area contributed by atoms with E-state index in [1.165, 1.54) is 18.9 Å². The molecule has 134 valence electrons. The molecule has 1 aromatic heterocycles. The van der Waals surface area contributed by atoms with Crippen LogP contribution in [0.15, 0.2) is 42.5 Å². The summed E-state index contributed by atoms with van der Waals surface area (Å²) < 4.78 is 12.0. The number of para-hydroxylation sites is 1. The molecule has 8 nitrogen and oxygen atoms in total. The van der Waals surface area contributed by atoms with Crippen molar-refractivity contribution in [3.63, 3.8) is 0 Å². The molecule has 0 atom stereocenters. The van der Waals surface area contributed by atoms with E-state index < -0.39 is 0 Å². The van der Waals surface area contributed by atoms with Gasteiger partial charge in [-0.15, -0.1) is 5.10 Å². The van der Waals surface area contributed by atoms with E-state index in [0.29, 0.717) is 27.9 Å². The van der Waals surface area contributed by atoms with Crippen molar-refractivity contribution in [3.8, 4) is 17.2 Å². The maximum atomic E-state index is 12.5. The van der Waals surface area contributed by atoms with Gasteiger partial charge in [0.15, 0.2) is 17.3 Å². The molecule has 0 saturated carbocycles. The van der Waals surface area contributed by atoms with Crippen LogP contribution >= 0.6 is 11.6 Å². The van der Waals surface area contributed by atoms with Gasteiger partial charge in [-0.1, -0.05) is 17.7 Å². The molecule has 1 N–H and O–H groups in total. The van der Waals surface area contributed by atoms with Gasteiger partial charge in [0, 0.05) is 5.02 Å². The summed E-state index contributed by atoms with van der Waals surface area (Å²) >= 11 is 5.90. The van der Waals surface area contributed by atoms with Gasteiger partial charge in [0.05, 0.1) is 32.0 Å². The maximum absolute atomic E-state index is 12.5. The number of nitrogens with one attached hydrogen (secondary N) is 1. The first-order chi connectivity index (χ1) is 12.6. The van der Waals surface area contributed by atoms with Crippen LogP contribution in [0.3, 0.4) is 0 Å². The molecule has 0 unspecified atom stereocenters. The summed E-state index contributed by atoms with van der Waals surface area (Å²) in [6.45, 7) is 0.134. The van der Waals surface area contributed by atoms with Crippen molar-refractivity contribution in [3.05, 3.63) is 58.9 Å². The second-order valence-electron chi connectivity index (χ2n) is 5.21. The fourth-order valence-electron chi connectivity index (χ4n) is 2.42. The molecule has 0 fully saturated rings. The van der Waals surface area contributed by atoms with Crippen LogP contribution in [-0.4, -0.2) is 40.3 Å². The summed E-state index contributed by atoms with van der Waals surface area (Å²) in [6, 6.07) is 12.1. The summed E-state index contributed by atoms with van der Waals surface area (Å²) in [5, 5.41) is 15.0. The van der Waals surface area contributed by atoms with Crippen molar-refractivity contribution >= 4 is 17.5 Å². The van der Waals surface area contributed by atoms with Gasteiger partial charge >= 0.3 is 0 Å². The van der Waals surface area contributed by atoms with Crippen molar-refractivity contribution in [1.82, 2.24) is 25.5 Å². The third kappa shape index (κ3) is 3.60. The van der Waals surface area contributed by atoms with Crippen molar-refractivity contribution < 1.29 is 14.3 Å². The van der Waals surface area contributed by atoms with Crippen LogP contribution in [0.2, 0.25) is 5.02 Å². The number of rotatable bonds is 6. The molecular formula is C17H16ClN5O3. The second-order valence-corrected chi connectivity index (χ2v) is 5.64. The minimum Gasteiger partial charge on any atom is -0.493 e. The standard InChI is InChI=1S/C17H16ClN5O3/c1-25-14-5-3-4-13(16(14)26-2)17(24)19-10-15-20-21-22-23(15)12-8-6-11(18)7-9-12/h3-9H,10H2,1-2H3,(H,19,24). The minimum absolute atomic E-state index is 0.134. The van der Waals surface area contributed by atoms with Crippen molar-refractivity contribution in [1.29, 1.82) is 0 Å². The molecule has 3 aromatic rings. The predicted molar refractivity (Wildman–Crippen MR) is 94.9 cm³/mol. The number of hydrogen-bond donors (Lipinski definition) is 1. The molecule has 9 heteroatoms. The molecule has 0 aliphatic rings. The number of carbonyl (C=O) groups excluding carboxylic acids is 1. The van der Waals surface area contributed by atoms with Crippen molar-refractivity contribution in [2.75, 3.05) is 14.2 Å². The van der Waals surface area contributed by atoms with E-state index in [-0.39, 0.29) is 12.5 Å². The Hall–Kier alpha value is -3.13. The maximum Gasteiger partial charge on any atom is 0.255 e. The zero-order valence-electron chi connectivity index (χ0n) is 14.1. The number of amides is 1. The molecule has 26 heavy (non-hydrogen) atoms. The van der Waals surface area contributed by atoms with Gasteiger partial charge < -0.3 is 14.8 Å². The number of tetrazole rings is 1. The molecule has 2 aromatic carbocycles. The van der Waals surface area contributed by atoms with E-state index in [4.69, 9.17) is 21.1 Å². The molecule has 0 aliphatic carbocycles. The van der Waals surface area contributed by atoms with Crippen LogP contribution in [0.1, 0.15) is 16.2 Å². The monoisotopic (exact) mass is 373 g/mol.